The summed E-state index contributed by atoms with van der Waals surface area (Å²) in [4.78, 5) is 0.243. The first-order valence-corrected chi connectivity index (χ1v) is 6.50. The molecule has 1 rings (SSSR count). The molecule has 0 unspecified atom stereocenters. The Bertz CT molecular complexity index is 426. The molecule has 0 heterocycles. The number of hydrogen-bond donors (Lipinski definition) is 3. The fourth-order valence-electron chi connectivity index (χ4n) is 1.09. The largest absolute Gasteiger partial charge is 0.324 e. The van der Waals surface area contributed by atoms with Crippen molar-refractivity contribution in [1.29, 1.82) is 0 Å². The van der Waals surface area contributed by atoms with Crippen LogP contribution in [0.25, 0.3) is 0 Å². The van der Waals surface area contributed by atoms with Crippen molar-refractivity contribution in [2.45, 2.75) is 18.7 Å². The lowest BCUT2D eigenvalue weighted by atomic mass is 10.2. The molecule has 0 bridgehead atoms. The topological polar surface area (TPSA) is 84.2 Å². The quantitative estimate of drug-likeness (QED) is 0.530. The molecule has 0 aliphatic rings. The molecule has 0 spiro atoms. The molecule has 0 aliphatic carbocycles. The smallest absolute Gasteiger partial charge is 0.240 e. The van der Waals surface area contributed by atoms with Crippen LogP contribution in [0.4, 0.5) is 5.69 Å². The second-order valence-corrected chi connectivity index (χ2v) is 5.68. The minimum atomic E-state index is -3.40. The first kappa shape index (κ1) is 13.0. The summed E-state index contributed by atoms with van der Waals surface area (Å²) in [5.41, 5.74) is 3.11. The molecular formula is C10H17N3O2S. The summed E-state index contributed by atoms with van der Waals surface area (Å²) in [6, 6.07) is 6.25. The third kappa shape index (κ3) is 3.48. The average Bonchev–Trinajstić information content (AvgIpc) is 2.27. The van der Waals surface area contributed by atoms with E-state index in [-0.39, 0.29) is 10.8 Å². The van der Waals surface area contributed by atoms with Crippen LogP contribution in [0.5, 0.6) is 0 Å². The summed E-state index contributed by atoms with van der Waals surface area (Å²) in [5.74, 6) is 5.47. The van der Waals surface area contributed by atoms with Gasteiger partial charge in [-0.05, 0) is 30.2 Å². The van der Waals surface area contributed by atoms with Gasteiger partial charge in [0.2, 0.25) is 10.0 Å². The third-order valence-corrected chi connectivity index (χ3v) is 3.45. The first-order chi connectivity index (χ1) is 7.45. The minimum Gasteiger partial charge on any atom is -0.324 e. The predicted octanol–water partition coefficient (Wildman–Crippen LogP) is 0.906. The van der Waals surface area contributed by atoms with Crippen molar-refractivity contribution in [2.24, 2.45) is 11.8 Å². The molecule has 0 aromatic heterocycles. The molecule has 1 aromatic rings. The molecule has 16 heavy (non-hydrogen) atoms. The number of nitrogens with two attached hydrogens (primary N) is 1. The minimum absolute atomic E-state index is 0.243. The van der Waals surface area contributed by atoms with Crippen LogP contribution in [0.15, 0.2) is 29.2 Å². The van der Waals surface area contributed by atoms with E-state index in [0.717, 1.165) is 0 Å². The fraction of sp³-hybridized carbons (Fsp3) is 0.400. The lowest BCUT2D eigenvalue weighted by Crippen LogP contribution is -2.27. The Kier molecular flexibility index (Phi) is 4.28. The summed E-state index contributed by atoms with van der Waals surface area (Å²) < 4.78 is 26.1. The Morgan fingerprint density at radius 2 is 1.81 bits per heavy atom. The molecule has 5 nitrogen and oxygen atoms in total. The SMILES string of the molecule is CC(C)CNS(=O)(=O)c1ccc(NN)cc1. The Hall–Kier alpha value is -1.11. The molecule has 0 saturated carbocycles. The highest BCUT2D eigenvalue weighted by molar-refractivity contribution is 7.89. The van der Waals surface area contributed by atoms with Crippen LogP contribution in [0.3, 0.4) is 0 Å². The molecule has 1 aromatic carbocycles. The monoisotopic (exact) mass is 243 g/mol. The van der Waals surface area contributed by atoms with Crippen molar-refractivity contribution < 1.29 is 8.42 Å². The number of hydrazine groups is 1. The van der Waals surface area contributed by atoms with E-state index in [4.69, 9.17) is 5.84 Å². The first-order valence-electron chi connectivity index (χ1n) is 5.02. The van der Waals surface area contributed by atoms with E-state index in [9.17, 15) is 8.42 Å². The van der Waals surface area contributed by atoms with E-state index < -0.39 is 10.0 Å². The molecular weight excluding hydrogens is 226 g/mol. The van der Waals surface area contributed by atoms with Gasteiger partial charge in [0.05, 0.1) is 4.90 Å². The second-order valence-electron chi connectivity index (χ2n) is 3.91. The molecule has 4 N–H and O–H groups in total. The molecule has 0 amide bonds. The highest BCUT2D eigenvalue weighted by Gasteiger charge is 2.13. The van der Waals surface area contributed by atoms with E-state index in [2.05, 4.69) is 10.1 Å². The lowest BCUT2D eigenvalue weighted by molar-refractivity contribution is 0.560. The average molecular weight is 243 g/mol. The van der Waals surface area contributed by atoms with Crippen molar-refractivity contribution in [3.63, 3.8) is 0 Å². The second kappa shape index (κ2) is 5.29. The molecule has 0 saturated heterocycles. The molecule has 6 heteroatoms. The Balaban J connectivity index is 2.82. The zero-order valence-electron chi connectivity index (χ0n) is 9.40. The van der Waals surface area contributed by atoms with Crippen LogP contribution in [-0.2, 0) is 10.0 Å². The van der Waals surface area contributed by atoms with Crippen molar-refractivity contribution in [3.8, 4) is 0 Å². The van der Waals surface area contributed by atoms with Gasteiger partial charge in [0.15, 0.2) is 0 Å². The van der Waals surface area contributed by atoms with Gasteiger partial charge in [-0.2, -0.15) is 0 Å². The number of benzene rings is 1. The Morgan fingerprint density at radius 3 is 2.25 bits per heavy atom. The maximum absolute atomic E-state index is 11.8. The van der Waals surface area contributed by atoms with E-state index in [1.165, 1.54) is 12.1 Å². The number of nitrogens with one attached hydrogen (secondary N) is 2. The summed E-state index contributed by atoms with van der Waals surface area (Å²) in [6.45, 7) is 4.33. The normalized spacial score (nSPS) is 11.8. The maximum atomic E-state index is 11.8. The fourth-order valence-corrected chi connectivity index (χ4v) is 2.30. The highest BCUT2D eigenvalue weighted by atomic mass is 32.2. The Morgan fingerprint density at radius 1 is 1.25 bits per heavy atom. The van der Waals surface area contributed by atoms with Crippen LogP contribution in [0.1, 0.15) is 13.8 Å². The zero-order valence-corrected chi connectivity index (χ0v) is 10.2. The Labute approximate surface area is 96.1 Å². The standard InChI is InChI=1S/C10H17N3O2S/c1-8(2)7-12-16(14,15)10-5-3-9(13-11)4-6-10/h3-6,8,12-13H,7,11H2,1-2H3. The van der Waals surface area contributed by atoms with Gasteiger partial charge < -0.3 is 5.43 Å². The molecule has 0 atom stereocenters. The van der Waals surface area contributed by atoms with Crippen molar-refractivity contribution in [3.05, 3.63) is 24.3 Å². The summed E-state index contributed by atoms with van der Waals surface area (Å²) in [5, 5.41) is 0. The van der Waals surface area contributed by atoms with E-state index >= 15 is 0 Å². The van der Waals surface area contributed by atoms with Gasteiger partial charge in [0, 0.05) is 12.2 Å². The van der Waals surface area contributed by atoms with E-state index in [1.54, 1.807) is 12.1 Å². The maximum Gasteiger partial charge on any atom is 0.240 e. The van der Waals surface area contributed by atoms with Gasteiger partial charge >= 0.3 is 0 Å². The predicted molar refractivity (Wildman–Crippen MR) is 64.3 cm³/mol. The van der Waals surface area contributed by atoms with E-state index in [0.29, 0.717) is 12.2 Å². The van der Waals surface area contributed by atoms with Gasteiger partial charge in [0.25, 0.3) is 0 Å². The molecule has 0 aliphatic heterocycles. The van der Waals surface area contributed by atoms with E-state index in [1.807, 2.05) is 13.8 Å². The van der Waals surface area contributed by atoms with Crippen LogP contribution < -0.4 is 16.0 Å². The van der Waals surface area contributed by atoms with Gasteiger partial charge in [-0.3, -0.25) is 5.84 Å². The van der Waals surface area contributed by atoms with Crippen LogP contribution in [0, 0.1) is 5.92 Å². The van der Waals surface area contributed by atoms with Gasteiger partial charge in [-0.1, -0.05) is 13.8 Å². The number of sulfonamides is 1. The number of anilines is 1. The molecule has 0 radical (unpaired) electrons. The van der Waals surface area contributed by atoms with Crippen LogP contribution in [-0.4, -0.2) is 15.0 Å². The molecule has 90 valence electrons. The third-order valence-electron chi connectivity index (χ3n) is 2.01. The lowest BCUT2D eigenvalue weighted by Gasteiger charge is -2.09. The van der Waals surface area contributed by atoms with Gasteiger partial charge in [-0.25, -0.2) is 13.1 Å². The van der Waals surface area contributed by atoms with Crippen molar-refractivity contribution in [2.75, 3.05) is 12.0 Å². The van der Waals surface area contributed by atoms with Crippen molar-refractivity contribution in [1.82, 2.24) is 4.72 Å². The van der Waals surface area contributed by atoms with Gasteiger partial charge in [-0.15, -0.1) is 0 Å². The van der Waals surface area contributed by atoms with Gasteiger partial charge in [0.1, 0.15) is 0 Å². The van der Waals surface area contributed by atoms with Crippen LogP contribution in [0.2, 0.25) is 0 Å². The molecule has 0 fully saturated rings. The summed E-state index contributed by atoms with van der Waals surface area (Å²) in [6.07, 6.45) is 0. The number of nitrogen functional groups attached to an aromatic ring is 1. The number of hydrogen-bond acceptors (Lipinski definition) is 4. The van der Waals surface area contributed by atoms with Crippen LogP contribution >= 0.6 is 0 Å². The highest BCUT2D eigenvalue weighted by Crippen LogP contribution is 2.12. The number of rotatable bonds is 5. The zero-order chi connectivity index (χ0) is 12.2. The summed E-state index contributed by atoms with van der Waals surface area (Å²) in [7, 11) is -3.40. The van der Waals surface area contributed by atoms with Crippen molar-refractivity contribution >= 4 is 15.7 Å². The summed E-state index contributed by atoms with van der Waals surface area (Å²) >= 11 is 0.